The van der Waals surface area contributed by atoms with E-state index in [1.54, 1.807) is 12.1 Å². The van der Waals surface area contributed by atoms with Crippen molar-refractivity contribution in [3.8, 4) is 0 Å². The highest BCUT2D eigenvalue weighted by molar-refractivity contribution is 6.77. The van der Waals surface area contributed by atoms with Crippen molar-refractivity contribution >= 4 is 51.4 Å². The minimum absolute atomic E-state index is 0.429. The fraction of sp³-hybridized carbons (Fsp3) is 0.0833. The number of ketones is 1. The van der Waals surface area contributed by atoms with Gasteiger partial charge in [0, 0.05) is 5.56 Å². The molecular formula is C12H7Cl3O. The van der Waals surface area contributed by atoms with Gasteiger partial charge in [-0.05, 0) is 10.8 Å². The first kappa shape index (κ1) is 11.7. The minimum atomic E-state index is -1.91. The molecule has 4 heteroatoms. The van der Waals surface area contributed by atoms with E-state index in [1.807, 2.05) is 30.3 Å². The van der Waals surface area contributed by atoms with E-state index in [1.165, 1.54) is 0 Å². The summed E-state index contributed by atoms with van der Waals surface area (Å²) >= 11 is 16.8. The first-order chi connectivity index (χ1) is 7.50. The van der Waals surface area contributed by atoms with Crippen molar-refractivity contribution in [3.63, 3.8) is 0 Å². The molecule has 0 bridgehead atoms. The standard InChI is InChI=1S/C12H7Cl3O/c13-12(14,15)11(16)10-7-3-5-8-4-1-2-6-9(8)10/h1-7H. The van der Waals surface area contributed by atoms with Crippen LogP contribution in [0.4, 0.5) is 0 Å². The Balaban J connectivity index is 2.66. The van der Waals surface area contributed by atoms with E-state index in [4.69, 9.17) is 34.8 Å². The molecule has 0 aromatic heterocycles. The van der Waals surface area contributed by atoms with Crippen molar-refractivity contribution in [2.75, 3.05) is 0 Å². The van der Waals surface area contributed by atoms with Crippen LogP contribution in [0, 0.1) is 0 Å². The summed E-state index contributed by atoms with van der Waals surface area (Å²) in [6.45, 7) is 0. The lowest BCUT2D eigenvalue weighted by Crippen LogP contribution is -2.19. The van der Waals surface area contributed by atoms with Crippen LogP contribution in [-0.4, -0.2) is 9.58 Å². The van der Waals surface area contributed by atoms with E-state index in [-0.39, 0.29) is 0 Å². The van der Waals surface area contributed by atoms with E-state index < -0.39 is 9.58 Å². The Kier molecular flexibility index (Phi) is 3.11. The summed E-state index contributed by atoms with van der Waals surface area (Å²) in [6, 6.07) is 12.8. The molecule has 0 fully saturated rings. The summed E-state index contributed by atoms with van der Waals surface area (Å²) in [7, 11) is 0. The van der Waals surface area contributed by atoms with Crippen LogP contribution >= 0.6 is 34.8 Å². The molecule has 0 amide bonds. The van der Waals surface area contributed by atoms with Crippen LogP contribution in [0.1, 0.15) is 10.4 Å². The second kappa shape index (κ2) is 4.25. The lowest BCUT2D eigenvalue weighted by molar-refractivity contribution is 0.0998. The predicted octanol–water partition coefficient (Wildman–Crippen LogP) is 4.39. The molecule has 0 saturated carbocycles. The van der Waals surface area contributed by atoms with Crippen molar-refractivity contribution in [2.45, 2.75) is 3.79 Å². The average Bonchev–Trinajstić information content (AvgIpc) is 2.26. The molecule has 0 heterocycles. The highest BCUT2D eigenvalue weighted by Gasteiger charge is 2.32. The highest BCUT2D eigenvalue weighted by Crippen LogP contribution is 2.32. The monoisotopic (exact) mass is 272 g/mol. The average molecular weight is 274 g/mol. The zero-order valence-electron chi connectivity index (χ0n) is 8.08. The molecule has 2 aromatic rings. The molecular weight excluding hydrogens is 266 g/mol. The Hall–Kier alpha value is -0.760. The molecule has 1 nitrogen and oxygen atoms in total. The van der Waals surface area contributed by atoms with Crippen molar-refractivity contribution in [1.29, 1.82) is 0 Å². The molecule has 82 valence electrons. The Labute approximate surface area is 108 Å². The number of carbonyl (C=O) groups excluding carboxylic acids is 1. The van der Waals surface area contributed by atoms with Crippen LogP contribution in [0.15, 0.2) is 42.5 Å². The van der Waals surface area contributed by atoms with Gasteiger partial charge in [0.2, 0.25) is 5.78 Å². The van der Waals surface area contributed by atoms with Gasteiger partial charge in [0.05, 0.1) is 0 Å². The largest absolute Gasteiger partial charge is 0.289 e. The molecule has 0 spiro atoms. The van der Waals surface area contributed by atoms with Crippen LogP contribution < -0.4 is 0 Å². The van der Waals surface area contributed by atoms with E-state index in [0.29, 0.717) is 5.56 Å². The maximum absolute atomic E-state index is 11.9. The van der Waals surface area contributed by atoms with Crippen molar-refractivity contribution in [3.05, 3.63) is 48.0 Å². The summed E-state index contributed by atoms with van der Waals surface area (Å²) in [6.07, 6.45) is 0. The number of alkyl halides is 3. The van der Waals surface area contributed by atoms with Gasteiger partial charge in [-0.1, -0.05) is 77.3 Å². The molecule has 0 saturated heterocycles. The summed E-state index contributed by atoms with van der Waals surface area (Å²) in [4.78, 5) is 11.9. The van der Waals surface area contributed by atoms with E-state index in [9.17, 15) is 4.79 Å². The maximum Gasteiger partial charge on any atom is 0.253 e. The molecule has 0 atom stereocenters. The topological polar surface area (TPSA) is 17.1 Å². The summed E-state index contributed by atoms with van der Waals surface area (Å²) in [5.41, 5.74) is 0.429. The van der Waals surface area contributed by atoms with Crippen LogP contribution in [0.3, 0.4) is 0 Å². The molecule has 2 aromatic carbocycles. The smallest absolute Gasteiger partial charge is 0.253 e. The second-order valence-corrected chi connectivity index (χ2v) is 5.63. The van der Waals surface area contributed by atoms with Gasteiger partial charge >= 0.3 is 0 Å². The Morgan fingerprint density at radius 2 is 1.56 bits per heavy atom. The van der Waals surface area contributed by atoms with E-state index in [2.05, 4.69) is 0 Å². The molecule has 0 radical (unpaired) electrons. The molecule has 0 aliphatic heterocycles. The Morgan fingerprint density at radius 1 is 0.938 bits per heavy atom. The lowest BCUT2D eigenvalue weighted by atomic mass is 10.0. The first-order valence-electron chi connectivity index (χ1n) is 4.59. The number of benzene rings is 2. The minimum Gasteiger partial charge on any atom is -0.289 e. The quantitative estimate of drug-likeness (QED) is 0.556. The van der Waals surface area contributed by atoms with Crippen LogP contribution in [0.25, 0.3) is 10.8 Å². The van der Waals surface area contributed by atoms with Gasteiger partial charge in [-0.15, -0.1) is 0 Å². The zero-order valence-corrected chi connectivity index (χ0v) is 10.4. The van der Waals surface area contributed by atoms with E-state index in [0.717, 1.165) is 10.8 Å². The van der Waals surface area contributed by atoms with Gasteiger partial charge in [0.15, 0.2) is 0 Å². The number of hydrogen-bond donors (Lipinski definition) is 0. The third kappa shape index (κ3) is 2.17. The van der Waals surface area contributed by atoms with Crippen LogP contribution in [0.2, 0.25) is 0 Å². The number of rotatable bonds is 1. The number of halogens is 3. The predicted molar refractivity (Wildman–Crippen MR) is 68.6 cm³/mol. The highest BCUT2D eigenvalue weighted by atomic mass is 35.6. The molecule has 0 unspecified atom stereocenters. The number of hydrogen-bond acceptors (Lipinski definition) is 1. The second-order valence-electron chi connectivity index (χ2n) is 3.35. The molecule has 0 aliphatic rings. The summed E-state index contributed by atoms with van der Waals surface area (Å²) < 4.78 is -1.91. The molecule has 0 aliphatic carbocycles. The Morgan fingerprint density at radius 3 is 2.25 bits per heavy atom. The maximum atomic E-state index is 11.9. The van der Waals surface area contributed by atoms with Gasteiger partial charge in [0.1, 0.15) is 0 Å². The number of carbonyl (C=O) groups is 1. The Bertz CT molecular complexity index is 538. The number of fused-ring (bicyclic) bond motifs is 1. The third-order valence-corrected chi connectivity index (χ3v) is 2.81. The molecule has 2 rings (SSSR count). The third-order valence-electron chi connectivity index (χ3n) is 2.29. The summed E-state index contributed by atoms with van der Waals surface area (Å²) in [5.74, 6) is -0.505. The van der Waals surface area contributed by atoms with Gasteiger partial charge < -0.3 is 0 Å². The van der Waals surface area contributed by atoms with Crippen LogP contribution in [0.5, 0.6) is 0 Å². The van der Waals surface area contributed by atoms with Crippen LogP contribution in [-0.2, 0) is 0 Å². The molecule has 0 N–H and O–H groups in total. The number of Topliss-reactive ketones (excluding diaryl/α,β-unsaturated/α-hetero) is 1. The normalized spacial score (nSPS) is 11.7. The fourth-order valence-corrected chi connectivity index (χ4v) is 1.88. The van der Waals surface area contributed by atoms with E-state index >= 15 is 0 Å². The van der Waals surface area contributed by atoms with Gasteiger partial charge in [-0.2, -0.15) is 0 Å². The van der Waals surface area contributed by atoms with Gasteiger partial charge in [-0.25, -0.2) is 0 Å². The first-order valence-corrected chi connectivity index (χ1v) is 5.73. The van der Waals surface area contributed by atoms with Crippen molar-refractivity contribution in [2.24, 2.45) is 0 Å². The lowest BCUT2D eigenvalue weighted by Gasteiger charge is -2.11. The zero-order chi connectivity index (χ0) is 11.8. The fourth-order valence-electron chi connectivity index (χ4n) is 1.58. The summed E-state index contributed by atoms with van der Waals surface area (Å²) in [5, 5.41) is 1.74. The SMILES string of the molecule is O=C(c1cccc2ccccc12)C(Cl)(Cl)Cl. The van der Waals surface area contributed by atoms with Gasteiger partial charge in [-0.3, -0.25) is 4.79 Å². The van der Waals surface area contributed by atoms with Crippen molar-refractivity contribution < 1.29 is 4.79 Å². The van der Waals surface area contributed by atoms with Crippen molar-refractivity contribution in [1.82, 2.24) is 0 Å². The molecule has 16 heavy (non-hydrogen) atoms. The van der Waals surface area contributed by atoms with Gasteiger partial charge in [0.25, 0.3) is 3.79 Å².